The Hall–Kier alpha value is -3.28. The number of ether oxygens (including phenoxy) is 2. The predicted molar refractivity (Wildman–Crippen MR) is 141 cm³/mol. The van der Waals surface area contributed by atoms with E-state index in [1.165, 1.54) is 36.3 Å². The van der Waals surface area contributed by atoms with Crippen molar-refractivity contribution in [1.29, 1.82) is 0 Å². The number of hydrogen-bond acceptors (Lipinski definition) is 8. The third kappa shape index (κ3) is 5.85. The van der Waals surface area contributed by atoms with Gasteiger partial charge in [0.15, 0.2) is 12.6 Å². The molecule has 3 fully saturated rings. The summed E-state index contributed by atoms with van der Waals surface area (Å²) in [5, 5.41) is 3.01. The van der Waals surface area contributed by atoms with Crippen LogP contribution in [-0.4, -0.2) is 68.6 Å². The summed E-state index contributed by atoms with van der Waals surface area (Å²) < 4.78 is 36.9. The standard InChI is InChI=1S/C21H20ClNO6S.C6H9NO2/c1-28-13-29-17-6-2-14(3-7-17)10-15-12-23-19(24)11-21(23,20(15)25)30(26,27)18-8-4-16(22)5-9-18;8-5-1-2-6(9)7-4-3-5/h2-9,15H,10-13H2,1H3;1-4H2,(H,7,9). The highest BCUT2D eigenvalue weighted by atomic mass is 35.5. The fourth-order valence-corrected chi connectivity index (χ4v) is 7.10. The average Bonchev–Trinajstić information content (AvgIpc) is 3.00. The second-order valence-electron chi connectivity index (χ2n) is 9.52. The Balaban J connectivity index is 0.000000333. The Morgan fingerprint density at radius 3 is 2.33 bits per heavy atom. The van der Waals surface area contributed by atoms with Crippen molar-refractivity contribution in [3.63, 3.8) is 0 Å². The first kappa shape index (κ1) is 28.7. The Labute approximate surface area is 231 Å². The van der Waals surface area contributed by atoms with Gasteiger partial charge in [0.2, 0.25) is 26.5 Å². The summed E-state index contributed by atoms with van der Waals surface area (Å²) in [6.45, 7) is 0.743. The number of carbonyl (C=O) groups excluding carboxylic acids is 4. The van der Waals surface area contributed by atoms with E-state index in [0.717, 1.165) is 5.56 Å². The Morgan fingerprint density at radius 2 is 1.69 bits per heavy atom. The second kappa shape index (κ2) is 11.8. The highest BCUT2D eigenvalue weighted by Gasteiger charge is 2.70. The van der Waals surface area contributed by atoms with E-state index in [0.29, 0.717) is 43.0 Å². The van der Waals surface area contributed by atoms with Gasteiger partial charge in [0.05, 0.1) is 11.3 Å². The molecule has 2 unspecified atom stereocenters. The molecule has 2 atom stereocenters. The third-order valence-electron chi connectivity index (χ3n) is 6.96. The van der Waals surface area contributed by atoms with Gasteiger partial charge in [-0.1, -0.05) is 23.7 Å². The maximum atomic E-state index is 13.3. The van der Waals surface area contributed by atoms with Gasteiger partial charge in [-0.25, -0.2) is 8.42 Å². The van der Waals surface area contributed by atoms with Crippen LogP contribution in [0.4, 0.5) is 0 Å². The maximum Gasteiger partial charge on any atom is 0.228 e. The van der Waals surface area contributed by atoms with Crippen LogP contribution in [0.5, 0.6) is 5.75 Å². The molecule has 10 nitrogen and oxygen atoms in total. The van der Waals surface area contributed by atoms with Gasteiger partial charge in [0.1, 0.15) is 11.5 Å². The van der Waals surface area contributed by atoms with Crippen LogP contribution in [0.25, 0.3) is 0 Å². The van der Waals surface area contributed by atoms with E-state index in [-0.39, 0.29) is 42.3 Å². The number of amides is 2. The first-order valence-electron chi connectivity index (χ1n) is 12.4. The largest absolute Gasteiger partial charge is 0.468 e. The molecule has 1 N–H and O–H groups in total. The highest BCUT2D eigenvalue weighted by Crippen LogP contribution is 2.48. The summed E-state index contributed by atoms with van der Waals surface area (Å²) in [6.07, 6.45) is 1.32. The molecule has 0 saturated carbocycles. The minimum Gasteiger partial charge on any atom is -0.468 e. The van der Waals surface area contributed by atoms with Crippen molar-refractivity contribution < 1.29 is 37.1 Å². The number of rotatable bonds is 7. The van der Waals surface area contributed by atoms with Gasteiger partial charge in [-0.05, 0) is 48.4 Å². The molecule has 0 aliphatic carbocycles. The fraction of sp³-hybridized carbons (Fsp3) is 0.407. The number of hydrogen-bond donors (Lipinski definition) is 1. The molecular weight excluding hydrogens is 548 g/mol. The summed E-state index contributed by atoms with van der Waals surface area (Å²) in [4.78, 5) is 46.1. The predicted octanol–water partition coefficient (Wildman–Crippen LogP) is 2.32. The van der Waals surface area contributed by atoms with Crippen LogP contribution in [0.2, 0.25) is 5.02 Å². The van der Waals surface area contributed by atoms with E-state index >= 15 is 0 Å². The van der Waals surface area contributed by atoms with Crippen LogP contribution in [0.1, 0.15) is 31.2 Å². The van der Waals surface area contributed by atoms with E-state index in [1.807, 2.05) is 12.1 Å². The molecule has 12 heteroatoms. The van der Waals surface area contributed by atoms with Crippen molar-refractivity contribution >= 4 is 44.8 Å². The van der Waals surface area contributed by atoms with Crippen LogP contribution in [0, 0.1) is 5.92 Å². The molecule has 39 heavy (non-hydrogen) atoms. The average molecular weight is 577 g/mol. The summed E-state index contributed by atoms with van der Waals surface area (Å²) >= 11 is 5.86. The number of halogens is 1. The summed E-state index contributed by atoms with van der Waals surface area (Å²) in [5.74, 6) is -0.541. The van der Waals surface area contributed by atoms with Crippen LogP contribution in [-0.2, 0) is 40.2 Å². The number of fused-ring (bicyclic) bond motifs is 1. The van der Waals surface area contributed by atoms with Crippen molar-refractivity contribution in [3.8, 4) is 5.75 Å². The molecule has 3 saturated heterocycles. The molecular formula is C27H29ClN2O8S. The number of benzene rings is 2. The first-order valence-corrected chi connectivity index (χ1v) is 14.3. The zero-order valence-corrected chi connectivity index (χ0v) is 22.9. The van der Waals surface area contributed by atoms with Gasteiger partial charge in [0, 0.05) is 50.4 Å². The Morgan fingerprint density at radius 1 is 1.00 bits per heavy atom. The molecule has 3 aliphatic rings. The van der Waals surface area contributed by atoms with Crippen molar-refractivity contribution in [2.24, 2.45) is 5.92 Å². The van der Waals surface area contributed by atoms with Crippen molar-refractivity contribution in [1.82, 2.24) is 10.2 Å². The molecule has 0 bridgehead atoms. The quantitative estimate of drug-likeness (QED) is 0.392. The first-order chi connectivity index (χ1) is 18.6. The lowest BCUT2D eigenvalue weighted by molar-refractivity contribution is -0.150. The number of nitrogens with zero attached hydrogens (tertiary/aromatic N) is 1. The topological polar surface area (TPSA) is 136 Å². The van der Waals surface area contributed by atoms with Gasteiger partial charge in [-0.15, -0.1) is 0 Å². The molecule has 5 rings (SSSR count). The zero-order chi connectivity index (χ0) is 28.2. The highest BCUT2D eigenvalue weighted by molar-refractivity contribution is 7.93. The molecule has 3 heterocycles. The van der Waals surface area contributed by atoms with Crippen LogP contribution >= 0.6 is 11.6 Å². The molecule has 2 amide bonds. The van der Waals surface area contributed by atoms with Crippen LogP contribution in [0.3, 0.4) is 0 Å². The summed E-state index contributed by atoms with van der Waals surface area (Å²) in [6, 6.07) is 12.8. The fourth-order valence-electron chi connectivity index (χ4n) is 4.88. The number of carbonyl (C=O) groups is 4. The van der Waals surface area contributed by atoms with Crippen LogP contribution in [0.15, 0.2) is 53.4 Å². The van der Waals surface area contributed by atoms with Crippen molar-refractivity contribution in [3.05, 3.63) is 59.1 Å². The van der Waals surface area contributed by atoms with E-state index in [4.69, 9.17) is 21.1 Å². The molecule has 0 radical (unpaired) electrons. The van der Waals surface area contributed by atoms with E-state index < -0.39 is 26.4 Å². The SMILES string of the molecule is COCOc1ccc(CC2CN3C(=O)CC3(S(=O)(=O)c3ccc(Cl)cc3)C2=O)cc1.O=C1CCNC(=O)CC1. The molecule has 2 aromatic carbocycles. The molecule has 0 aromatic heterocycles. The van der Waals surface area contributed by atoms with Gasteiger partial charge >= 0.3 is 0 Å². The molecule has 3 aliphatic heterocycles. The number of Topliss-reactive ketones (excluding diaryl/α,β-unsaturated/α-hetero) is 2. The summed E-state index contributed by atoms with van der Waals surface area (Å²) in [5.41, 5.74) is 0.854. The van der Waals surface area contributed by atoms with Crippen LogP contribution < -0.4 is 10.1 Å². The Kier molecular flexibility index (Phi) is 8.73. The lowest BCUT2D eigenvalue weighted by Gasteiger charge is -2.44. The van der Waals surface area contributed by atoms with E-state index in [1.54, 1.807) is 12.1 Å². The van der Waals surface area contributed by atoms with Gasteiger partial charge in [-0.3, -0.25) is 19.2 Å². The molecule has 208 valence electrons. The van der Waals surface area contributed by atoms with Gasteiger partial charge < -0.3 is 19.7 Å². The number of β-lactam (4-membered cyclic amide) rings is 1. The van der Waals surface area contributed by atoms with E-state index in [9.17, 15) is 27.6 Å². The zero-order valence-electron chi connectivity index (χ0n) is 21.4. The molecule has 2 aromatic rings. The van der Waals surface area contributed by atoms with Crippen molar-refractivity contribution in [2.45, 2.75) is 41.9 Å². The number of methoxy groups -OCH3 is 1. The normalized spacial score (nSPS) is 22.7. The summed E-state index contributed by atoms with van der Waals surface area (Å²) in [7, 11) is -2.55. The lowest BCUT2D eigenvalue weighted by Crippen LogP contribution is -2.67. The Bertz CT molecular complexity index is 1350. The lowest BCUT2D eigenvalue weighted by atomic mass is 9.93. The maximum absolute atomic E-state index is 13.3. The molecule has 0 spiro atoms. The monoisotopic (exact) mass is 576 g/mol. The number of ketones is 2. The number of sulfone groups is 1. The minimum absolute atomic E-state index is 0.000787. The van der Waals surface area contributed by atoms with Gasteiger partial charge in [0.25, 0.3) is 0 Å². The smallest absolute Gasteiger partial charge is 0.228 e. The minimum atomic E-state index is -4.08. The second-order valence-corrected chi connectivity index (χ2v) is 12.1. The van der Waals surface area contributed by atoms with Crippen molar-refractivity contribution in [2.75, 3.05) is 27.0 Å². The number of nitrogens with one attached hydrogen (secondary N) is 1. The third-order valence-corrected chi connectivity index (χ3v) is 9.56. The van der Waals surface area contributed by atoms with E-state index in [2.05, 4.69) is 5.32 Å². The van der Waals surface area contributed by atoms with Gasteiger partial charge in [-0.2, -0.15) is 0 Å².